The largest absolute Gasteiger partial charge is 0.416 e. The number of rotatable bonds is 4. The van der Waals surface area contributed by atoms with Gasteiger partial charge in [-0.2, -0.15) is 18.3 Å². The zero-order valence-electron chi connectivity index (χ0n) is 12.6. The summed E-state index contributed by atoms with van der Waals surface area (Å²) in [6, 6.07) is 6.79. The summed E-state index contributed by atoms with van der Waals surface area (Å²) in [5.41, 5.74) is 1.17. The molecule has 0 saturated carbocycles. The second kappa shape index (κ2) is 7.28. The molecule has 0 spiro atoms. The van der Waals surface area contributed by atoms with Crippen molar-refractivity contribution in [3.8, 4) is 0 Å². The number of hydrazone groups is 1. The fraction of sp³-hybridized carbons (Fsp3) is 0.133. The van der Waals surface area contributed by atoms with Crippen LogP contribution in [0.5, 0.6) is 0 Å². The van der Waals surface area contributed by atoms with Crippen molar-refractivity contribution >= 4 is 40.3 Å². The van der Waals surface area contributed by atoms with Crippen molar-refractivity contribution in [3.63, 3.8) is 0 Å². The van der Waals surface area contributed by atoms with Crippen LogP contribution in [-0.2, 0) is 6.18 Å². The average molecular weight is 392 g/mol. The van der Waals surface area contributed by atoms with E-state index in [0.29, 0.717) is 27.4 Å². The Balaban J connectivity index is 2.36. The van der Waals surface area contributed by atoms with Crippen molar-refractivity contribution in [2.75, 3.05) is 5.43 Å². The molecule has 0 aliphatic carbocycles. The van der Waals surface area contributed by atoms with Crippen LogP contribution >= 0.6 is 23.2 Å². The van der Waals surface area contributed by atoms with Crippen LogP contribution in [0.2, 0.25) is 10.0 Å². The number of alkyl halides is 3. The number of hydrogen-bond acceptors (Lipinski definition) is 4. The van der Waals surface area contributed by atoms with Crippen molar-refractivity contribution in [2.45, 2.75) is 13.1 Å². The number of hydrogen-bond donors (Lipinski definition) is 1. The Hall–Kier alpha value is -2.32. The lowest BCUT2D eigenvalue weighted by Crippen LogP contribution is -2.07. The minimum Gasteiger partial charge on any atom is -0.271 e. The molecule has 0 aliphatic rings. The number of benzene rings is 2. The first-order valence-electron chi connectivity index (χ1n) is 6.71. The fourth-order valence-electron chi connectivity index (χ4n) is 1.93. The van der Waals surface area contributed by atoms with Crippen molar-refractivity contribution in [1.29, 1.82) is 0 Å². The van der Waals surface area contributed by atoms with E-state index < -0.39 is 22.4 Å². The van der Waals surface area contributed by atoms with Gasteiger partial charge in [0.15, 0.2) is 0 Å². The second-order valence-electron chi connectivity index (χ2n) is 4.92. The first-order valence-corrected chi connectivity index (χ1v) is 7.46. The molecule has 1 N–H and O–H groups in total. The van der Waals surface area contributed by atoms with E-state index in [9.17, 15) is 23.3 Å². The van der Waals surface area contributed by atoms with E-state index in [4.69, 9.17) is 23.2 Å². The van der Waals surface area contributed by atoms with Gasteiger partial charge in [0, 0.05) is 21.7 Å². The van der Waals surface area contributed by atoms with Gasteiger partial charge < -0.3 is 0 Å². The Morgan fingerprint density at radius 1 is 1.20 bits per heavy atom. The van der Waals surface area contributed by atoms with Crippen LogP contribution in [0.15, 0.2) is 41.5 Å². The molecule has 0 saturated heterocycles. The average Bonchev–Trinajstić information content (AvgIpc) is 2.53. The number of nitro groups is 1. The number of nitrogens with zero attached hydrogens (tertiary/aromatic N) is 2. The van der Waals surface area contributed by atoms with Gasteiger partial charge in [0.05, 0.1) is 16.2 Å². The predicted octanol–water partition coefficient (Wildman–Crippen LogP) is 5.76. The highest BCUT2D eigenvalue weighted by Crippen LogP contribution is 2.35. The van der Waals surface area contributed by atoms with Crippen LogP contribution in [0.25, 0.3) is 0 Å². The molecule has 0 bridgehead atoms. The second-order valence-corrected chi connectivity index (χ2v) is 5.76. The lowest BCUT2D eigenvalue weighted by atomic mass is 10.1. The molecule has 5 nitrogen and oxygen atoms in total. The van der Waals surface area contributed by atoms with Crippen LogP contribution in [0.1, 0.15) is 18.1 Å². The van der Waals surface area contributed by atoms with Crippen molar-refractivity contribution < 1.29 is 18.1 Å². The molecule has 25 heavy (non-hydrogen) atoms. The Bertz CT molecular complexity index is 854. The molecule has 0 heterocycles. The van der Waals surface area contributed by atoms with Crippen LogP contribution in [0, 0.1) is 10.1 Å². The third-order valence-corrected chi connectivity index (χ3v) is 3.75. The SMILES string of the molecule is CC(=NNc1ccc(C(F)(F)F)cc1[N+](=O)[O-])c1cc(Cl)ccc1Cl. The van der Waals surface area contributed by atoms with E-state index in [2.05, 4.69) is 10.5 Å². The van der Waals surface area contributed by atoms with E-state index in [1.54, 1.807) is 25.1 Å². The van der Waals surface area contributed by atoms with Gasteiger partial charge in [0.1, 0.15) is 5.69 Å². The van der Waals surface area contributed by atoms with Gasteiger partial charge in [0.25, 0.3) is 5.69 Å². The van der Waals surface area contributed by atoms with E-state index in [0.717, 1.165) is 12.1 Å². The van der Waals surface area contributed by atoms with E-state index in [1.165, 1.54) is 0 Å². The number of anilines is 1. The van der Waals surface area contributed by atoms with E-state index >= 15 is 0 Å². The van der Waals surface area contributed by atoms with Crippen molar-refractivity contribution in [1.82, 2.24) is 0 Å². The summed E-state index contributed by atoms with van der Waals surface area (Å²) in [4.78, 5) is 10.1. The van der Waals surface area contributed by atoms with Gasteiger partial charge >= 0.3 is 6.18 Å². The molecule has 2 aromatic rings. The van der Waals surface area contributed by atoms with Crippen molar-refractivity contribution in [3.05, 3.63) is 67.7 Å². The van der Waals surface area contributed by atoms with Gasteiger partial charge in [-0.15, -0.1) is 0 Å². The Morgan fingerprint density at radius 3 is 2.48 bits per heavy atom. The maximum atomic E-state index is 12.7. The highest BCUT2D eigenvalue weighted by atomic mass is 35.5. The Labute approximate surface area is 150 Å². The quantitative estimate of drug-likeness (QED) is 0.409. The van der Waals surface area contributed by atoms with Gasteiger partial charge in [-0.25, -0.2) is 0 Å². The third kappa shape index (κ3) is 4.61. The maximum absolute atomic E-state index is 12.7. The summed E-state index contributed by atoms with van der Waals surface area (Å²) in [6.45, 7) is 1.57. The molecule has 2 aromatic carbocycles. The summed E-state index contributed by atoms with van der Waals surface area (Å²) in [5, 5.41) is 15.7. The monoisotopic (exact) mass is 391 g/mol. The van der Waals surface area contributed by atoms with Crippen LogP contribution in [0.4, 0.5) is 24.5 Å². The number of nitrogens with one attached hydrogen (secondary N) is 1. The molecule has 0 fully saturated rings. The van der Waals surface area contributed by atoms with Gasteiger partial charge in [-0.1, -0.05) is 23.2 Å². The van der Waals surface area contributed by atoms with Crippen LogP contribution in [0.3, 0.4) is 0 Å². The third-order valence-electron chi connectivity index (χ3n) is 3.18. The smallest absolute Gasteiger partial charge is 0.271 e. The zero-order chi connectivity index (χ0) is 18.8. The first kappa shape index (κ1) is 19.0. The predicted molar refractivity (Wildman–Crippen MR) is 90.4 cm³/mol. The molecule has 2 rings (SSSR count). The van der Waals surface area contributed by atoms with Crippen LogP contribution < -0.4 is 5.43 Å². The topological polar surface area (TPSA) is 67.5 Å². The van der Waals surface area contributed by atoms with E-state index in [1.807, 2.05) is 0 Å². The molecule has 0 amide bonds. The molecule has 0 atom stereocenters. The highest BCUT2D eigenvalue weighted by Gasteiger charge is 2.33. The van der Waals surface area contributed by atoms with E-state index in [-0.39, 0.29) is 5.69 Å². The Kier molecular flexibility index (Phi) is 5.54. The number of halogens is 5. The molecule has 0 radical (unpaired) electrons. The van der Waals surface area contributed by atoms with Crippen LogP contribution in [-0.4, -0.2) is 10.6 Å². The fourth-order valence-corrected chi connectivity index (χ4v) is 2.36. The van der Waals surface area contributed by atoms with Gasteiger partial charge in [0.2, 0.25) is 0 Å². The molecule has 10 heteroatoms. The molecular formula is C15H10Cl2F3N3O2. The molecule has 0 unspecified atom stereocenters. The minimum atomic E-state index is -4.68. The summed E-state index contributed by atoms with van der Waals surface area (Å²) >= 11 is 11.9. The normalized spacial score (nSPS) is 12.2. The molecule has 132 valence electrons. The van der Waals surface area contributed by atoms with Crippen molar-refractivity contribution in [2.24, 2.45) is 5.10 Å². The molecule has 0 aromatic heterocycles. The molecular weight excluding hydrogens is 382 g/mol. The summed E-state index contributed by atoms with van der Waals surface area (Å²) in [7, 11) is 0. The maximum Gasteiger partial charge on any atom is 0.416 e. The lowest BCUT2D eigenvalue weighted by molar-refractivity contribution is -0.384. The zero-order valence-corrected chi connectivity index (χ0v) is 14.1. The van der Waals surface area contributed by atoms with Gasteiger partial charge in [-0.3, -0.25) is 15.5 Å². The lowest BCUT2D eigenvalue weighted by Gasteiger charge is -2.09. The summed E-state index contributed by atoms with van der Waals surface area (Å²) in [6.07, 6.45) is -4.68. The number of nitro benzene ring substituents is 1. The molecule has 0 aliphatic heterocycles. The minimum absolute atomic E-state index is 0.185. The standard InChI is InChI=1S/C15H10Cl2F3N3O2/c1-8(11-7-10(16)3-4-12(11)17)21-22-13-5-2-9(15(18,19)20)6-14(13)23(24)25/h2-7,22H,1H3. The first-order chi connectivity index (χ1) is 11.6. The summed E-state index contributed by atoms with van der Waals surface area (Å²) < 4.78 is 38.0. The Morgan fingerprint density at radius 2 is 1.88 bits per heavy atom. The highest BCUT2D eigenvalue weighted by molar-refractivity contribution is 6.36. The van der Waals surface area contributed by atoms with Gasteiger partial charge in [-0.05, 0) is 37.3 Å². The summed E-state index contributed by atoms with van der Waals surface area (Å²) in [5.74, 6) is 0.